The van der Waals surface area contributed by atoms with Crippen molar-refractivity contribution in [2.24, 2.45) is 5.92 Å². The Bertz CT molecular complexity index is 791. The molecule has 0 aliphatic carbocycles. The molecule has 1 fully saturated rings. The molecule has 14 nitrogen and oxygen atoms in total. The van der Waals surface area contributed by atoms with E-state index in [1.807, 2.05) is 6.92 Å². The number of likely N-dealkylation sites (tertiary alicyclic amines) is 1. The summed E-state index contributed by atoms with van der Waals surface area (Å²) < 4.78 is 43.6. The minimum Gasteiger partial charge on any atom is -0.379 e. The minimum absolute atomic E-state index is 0.0428. The lowest BCUT2D eigenvalue weighted by molar-refractivity contribution is -0.140. The van der Waals surface area contributed by atoms with Gasteiger partial charge in [-0.2, -0.15) is 0 Å². The number of rotatable bonds is 31. The van der Waals surface area contributed by atoms with E-state index in [1.54, 1.807) is 34.4 Å². The molecule has 1 unspecified atom stereocenters. The number of halogens is 1. The number of nitrogens with zero attached hydrogens (tertiary/aromatic N) is 2. The van der Waals surface area contributed by atoms with E-state index in [1.165, 1.54) is 4.90 Å². The standard InChI is InChI=1S/C29H51IN2O12/c1-3-37-12-13-41-20-21-43-18-15-39-10-7-31(27(34)4-6-32-28(35)24-25(2)29(32)36)8-11-40-16-19-44-23-22-42-17-14-38-9-5-26(30)33/h25H,3-24H2,1-2H3. The van der Waals surface area contributed by atoms with E-state index in [2.05, 4.69) is 0 Å². The molecule has 1 aliphatic heterocycles. The molecule has 0 N–H and O–H groups in total. The quantitative estimate of drug-likeness (QED) is 0.0433. The fraction of sp³-hybridized carbons (Fsp3) is 0.862. The second-order valence-corrected chi connectivity index (χ2v) is 10.9. The van der Waals surface area contributed by atoms with Crippen molar-refractivity contribution in [2.75, 3.05) is 125 Å². The second-order valence-electron chi connectivity index (χ2n) is 9.71. The number of imide groups is 1. The molecule has 1 rings (SSSR count). The van der Waals surface area contributed by atoms with Gasteiger partial charge in [-0.05, 0) is 29.5 Å². The van der Waals surface area contributed by atoms with Gasteiger partial charge in [0.2, 0.25) is 17.7 Å². The molecule has 0 aromatic heterocycles. The van der Waals surface area contributed by atoms with Crippen molar-refractivity contribution in [3.8, 4) is 0 Å². The monoisotopic (exact) mass is 746 g/mol. The van der Waals surface area contributed by atoms with Crippen LogP contribution in [-0.4, -0.2) is 157 Å². The molecule has 256 valence electrons. The van der Waals surface area contributed by atoms with Gasteiger partial charge in [0.25, 0.3) is 0 Å². The number of carbonyl (C=O) groups excluding carboxylic acids is 4. The van der Waals surface area contributed by atoms with E-state index in [0.717, 1.165) is 0 Å². The molecular formula is C29H51IN2O12. The van der Waals surface area contributed by atoms with E-state index >= 15 is 0 Å². The van der Waals surface area contributed by atoms with Crippen LogP contribution in [0.1, 0.15) is 33.1 Å². The van der Waals surface area contributed by atoms with Gasteiger partial charge in [0.15, 0.2) is 3.79 Å². The van der Waals surface area contributed by atoms with Gasteiger partial charge in [0.05, 0.1) is 99.1 Å². The van der Waals surface area contributed by atoms with E-state index in [-0.39, 0.29) is 46.8 Å². The van der Waals surface area contributed by atoms with Crippen molar-refractivity contribution in [2.45, 2.75) is 33.1 Å². The normalized spacial score (nSPS) is 15.0. The first-order chi connectivity index (χ1) is 21.4. The Morgan fingerprint density at radius 1 is 0.682 bits per heavy atom. The SMILES string of the molecule is CCOCCOCCOCCOCCN(CCOCCOCCOCCOCCC(=O)I)C(=O)CCN1C(=O)CC(C)C1=O. The first-order valence-corrected chi connectivity index (χ1v) is 16.4. The van der Waals surface area contributed by atoms with Crippen LogP contribution in [0.4, 0.5) is 0 Å². The van der Waals surface area contributed by atoms with Crippen molar-refractivity contribution >= 4 is 44.1 Å². The lowest BCUT2D eigenvalue weighted by Gasteiger charge is -2.24. The summed E-state index contributed by atoms with van der Waals surface area (Å²) in [5.74, 6) is -0.998. The Labute approximate surface area is 274 Å². The summed E-state index contributed by atoms with van der Waals surface area (Å²) in [4.78, 5) is 50.9. The third-order valence-electron chi connectivity index (χ3n) is 6.26. The third-order valence-corrected chi connectivity index (χ3v) is 6.80. The highest BCUT2D eigenvalue weighted by Crippen LogP contribution is 2.19. The lowest BCUT2D eigenvalue weighted by Crippen LogP contribution is -2.40. The fourth-order valence-electron chi connectivity index (χ4n) is 3.88. The Balaban J connectivity index is 2.22. The maximum Gasteiger partial charge on any atom is 0.232 e. The number of ether oxygens (including phenoxy) is 8. The maximum atomic E-state index is 13.0. The molecule has 0 bridgehead atoms. The third kappa shape index (κ3) is 21.4. The zero-order valence-electron chi connectivity index (χ0n) is 26.3. The van der Waals surface area contributed by atoms with Gasteiger partial charge >= 0.3 is 0 Å². The summed E-state index contributed by atoms with van der Waals surface area (Å²) in [7, 11) is 0. The molecule has 0 radical (unpaired) electrons. The minimum atomic E-state index is -0.342. The largest absolute Gasteiger partial charge is 0.379 e. The molecule has 1 saturated heterocycles. The fourth-order valence-corrected chi connectivity index (χ4v) is 4.10. The van der Waals surface area contributed by atoms with Gasteiger partial charge in [-0.15, -0.1) is 0 Å². The van der Waals surface area contributed by atoms with Crippen LogP contribution < -0.4 is 0 Å². The van der Waals surface area contributed by atoms with Gasteiger partial charge in [-0.25, -0.2) is 0 Å². The zero-order valence-corrected chi connectivity index (χ0v) is 28.5. The summed E-state index contributed by atoms with van der Waals surface area (Å²) in [6.07, 6.45) is 0.623. The van der Waals surface area contributed by atoms with Crippen LogP contribution in [0.25, 0.3) is 0 Å². The van der Waals surface area contributed by atoms with Crippen molar-refractivity contribution in [3.63, 3.8) is 0 Å². The van der Waals surface area contributed by atoms with Gasteiger partial charge in [0, 0.05) is 51.4 Å². The van der Waals surface area contributed by atoms with E-state index in [4.69, 9.17) is 37.9 Å². The second kappa shape index (κ2) is 28.0. The van der Waals surface area contributed by atoms with E-state index < -0.39 is 0 Å². The Kier molecular flexibility index (Phi) is 25.9. The molecule has 1 heterocycles. The van der Waals surface area contributed by atoms with E-state index in [9.17, 15) is 19.2 Å². The van der Waals surface area contributed by atoms with Crippen LogP contribution in [-0.2, 0) is 57.1 Å². The molecule has 44 heavy (non-hydrogen) atoms. The predicted molar refractivity (Wildman–Crippen MR) is 168 cm³/mol. The van der Waals surface area contributed by atoms with Crippen LogP contribution in [0.3, 0.4) is 0 Å². The number of hydrogen-bond acceptors (Lipinski definition) is 12. The Morgan fingerprint density at radius 2 is 1.09 bits per heavy atom. The van der Waals surface area contributed by atoms with E-state index in [0.29, 0.717) is 125 Å². The highest BCUT2D eigenvalue weighted by molar-refractivity contribution is 14.1. The summed E-state index contributed by atoms with van der Waals surface area (Å²) in [5.41, 5.74) is 0. The van der Waals surface area contributed by atoms with Crippen molar-refractivity contribution in [1.82, 2.24) is 9.80 Å². The van der Waals surface area contributed by atoms with Crippen LogP contribution in [0.2, 0.25) is 0 Å². The molecule has 15 heteroatoms. The zero-order chi connectivity index (χ0) is 32.3. The molecule has 3 amide bonds. The van der Waals surface area contributed by atoms with Crippen LogP contribution in [0.5, 0.6) is 0 Å². The first-order valence-electron chi connectivity index (χ1n) is 15.3. The topological polar surface area (TPSA) is 149 Å². The number of carbonyl (C=O) groups is 4. The summed E-state index contributed by atoms with van der Waals surface area (Å²) in [5, 5.41) is 0. The average molecular weight is 747 g/mol. The molecule has 0 saturated carbocycles. The molecular weight excluding hydrogens is 695 g/mol. The lowest BCUT2D eigenvalue weighted by atomic mass is 10.1. The highest BCUT2D eigenvalue weighted by Gasteiger charge is 2.35. The summed E-state index contributed by atoms with van der Waals surface area (Å²) in [6.45, 7) is 11.3. The Hall–Kier alpha value is -1.31. The van der Waals surface area contributed by atoms with Crippen molar-refractivity contribution < 1.29 is 57.1 Å². The van der Waals surface area contributed by atoms with Crippen LogP contribution in [0, 0.1) is 5.92 Å². The maximum absolute atomic E-state index is 13.0. The summed E-state index contributed by atoms with van der Waals surface area (Å²) in [6, 6.07) is 0. The van der Waals surface area contributed by atoms with Gasteiger partial charge < -0.3 is 42.8 Å². The summed E-state index contributed by atoms with van der Waals surface area (Å²) >= 11 is 1.74. The molecule has 0 aromatic rings. The van der Waals surface area contributed by atoms with Crippen molar-refractivity contribution in [3.05, 3.63) is 0 Å². The first kappa shape index (κ1) is 40.7. The smallest absolute Gasteiger partial charge is 0.232 e. The predicted octanol–water partition coefficient (Wildman–Crippen LogP) is 1.10. The number of hydrogen-bond donors (Lipinski definition) is 0. The molecule has 1 aliphatic rings. The molecule has 1 atom stereocenters. The molecule has 0 aromatic carbocycles. The molecule has 0 spiro atoms. The highest BCUT2D eigenvalue weighted by atomic mass is 127. The van der Waals surface area contributed by atoms with Crippen LogP contribution >= 0.6 is 22.6 Å². The van der Waals surface area contributed by atoms with Crippen LogP contribution in [0.15, 0.2) is 0 Å². The number of amides is 3. The van der Waals surface area contributed by atoms with Crippen molar-refractivity contribution in [1.29, 1.82) is 0 Å². The van der Waals surface area contributed by atoms with Gasteiger partial charge in [-0.1, -0.05) is 6.92 Å². The van der Waals surface area contributed by atoms with Gasteiger partial charge in [-0.3, -0.25) is 24.1 Å². The average Bonchev–Trinajstić information content (AvgIpc) is 3.24. The Morgan fingerprint density at radius 3 is 1.48 bits per heavy atom. The van der Waals surface area contributed by atoms with Gasteiger partial charge in [0.1, 0.15) is 0 Å².